The Kier molecular flexibility index (Phi) is 4.09. The molecule has 5 rings (SSSR count). The summed E-state index contributed by atoms with van der Waals surface area (Å²) in [7, 11) is 0. The highest BCUT2D eigenvalue weighted by atomic mass is 16.1. The van der Waals surface area contributed by atoms with Gasteiger partial charge in [-0.15, -0.1) is 0 Å². The van der Waals surface area contributed by atoms with Gasteiger partial charge in [-0.1, -0.05) is 45.1 Å². The quantitative estimate of drug-likeness (QED) is 0.515. The summed E-state index contributed by atoms with van der Waals surface area (Å²) in [6.45, 7) is 7.96. The predicted octanol–water partition coefficient (Wildman–Crippen LogP) is 4.87. The lowest BCUT2D eigenvalue weighted by atomic mass is 9.87. The number of hydrogen-bond donors (Lipinski definition) is 1. The topological polar surface area (TPSA) is 61.9 Å². The van der Waals surface area contributed by atoms with Crippen LogP contribution in [0.3, 0.4) is 0 Å². The Hall–Kier alpha value is -2.95. The van der Waals surface area contributed by atoms with E-state index < -0.39 is 5.41 Å². The number of carbonyl (C=O) groups is 1. The summed E-state index contributed by atoms with van der Waals surface area (Å²) in [6, 6.07) is 8.51. The summed E-state index contributed by atoms with van der Waals surface area (Å²) < 4.78 is 0. The van der Waals surface area contributed by atoms with Crippen LogP contribution in [0.15, 0.2) is 48.8 Å². The molecule has 3 heterocycles. The minimum atomic E-state index is -0.463. The molecule has 2 aliphatic rings. The van der Waals surface area contributed by atoms with Crippen LogP contribution in [0, 0.1) is 17.3 Å². The molecule has 0 unspecified atom stereocenters. The number of aromatic nitrogens is 3. The first kappa shape index (κ1) is 18.1. The van der Waals surface area contributed by atoms with Gasteiger partial charge in [-0.05, 0) is 30.4 Å². The Morgan fingerprint density at radius 3 is 2.90 bits per heavy atom. The number of nitrogens with zero attached hydrogens (tertiary/aromatic N) is 3. The molecule has 1 aliphatic carbocycles. The zero-order valence-electron chi connectivity index (χ0n) is 17.1. The normalized spacial score (nSPS) is 21.1. The minimum absolute atomic E-state index is 0.0700. The smallest absolute Gasteiger partial charge is 0.171 e. The van der Waals surface area contributed by atoms with Crippen molar-refractivity contribution < 1.29 is 4.79 Å². The molecule has 0 spiro atoms. The standard InChI is InChI=1S/C24H26N4O/c1-24(2,3)22(29)19-11-25-23-21(19)27-20(12-26-23)15-6-5-9-18(10-15)28-13-16-7-4-8-17(16)14-28/h4-7,9-12,16-17H,8,13-14H2,1-3H3,(H,25,26)/t16-,17+/m0/s1. The van der Waals surface area contributed by atoms with Crippen molar-refractivity contribution in [2.45, 2.75) is 27.2 Å². The highest BCUT2D eigenvalue weighted by Gasteiger charge is 2.33. The first-order valence-electron chi connectivity index (χ1n) is 10.3. The molecule has 0 radical (unpaired) electrons. The Morgan fingerprint density at radius 2 is 2.10 bits per heavy atom. The molecule has 1 aliphatic heterocycles. The number of H-pyrrole nitrogens is 1. The number of carbonyl (C=O) groups excluding carboxylic acids is 1. The Morgan fingerprint density at radius 1 is 1.24 bits per heavy atom. The third-order valence-electron chi connectivity index (χ3n) is 6.13. The van der Waals surface area contributed by atoms with E-state index >= 15 is 0 Å². The first-order valence-corrected chi connectivity index (χ1v) is 10.3. The lowest BCUT2D eigenvalue weighted by Crippen LogP contribution is -2.20. The number of aromatic amines is 1. The van der Waals surface area contributed by atoms with Gasteiger partial charge in [0.05, 0.1) is 17.5 Å². The van der Waals surface area contributed by atoms with Crippen LogP contribution < -0.4 is 4.90 Å². The second-order valence-electron chi connectivity index (χ2n) is 9.28. The van der Waals surface area contributed by atoms with Gasteiger partial charge in [0.15, 0.2) is 11.4 Å². The Balaban J connectivity index is 1.50. The molecule has 148 valence electrons. The van der Waals surface area contributed by atoms with Gasteiger partial charge in [0.25, 0.3) is 0 Å². The molecule has 29 heavy (non-hydrogen) atoms. The van der Waals surface area contributed by atoms with Crippen LogP contribution in [0.5, 0.6) is 0 Å². The second-order valence-corrected chi connectivity index (χ2v) is 9.28. The number of anilines is 1. The van der Waals surface area contributed by atoms with E-state index in [0.29, 0.717) is 22.6 Å². The van der Waals surface area contributed by atoms with Gasteiger partial charge in [-0.3, -0.25) is 4.79 Å². The van der Waals surface area contributed by atoms with Gasteiger partial charge in [-0.25, -0.2) is 9.97 Å². The Bertz CT molecular complexity index is 1120. The minimum Gasteiger partial charge on any atom is -0.371 e. The van der Waals surface area contributed by atoms with Crippen LogP contribution in [0.25, 0.3) is 22.4 Å². The molecule has 5 nitrogen and oxygen atoms in total. The molecule has 2 atom stereocenters. The van der Waals surface area contributed by atoms with E-state index in [9.17, 15) is 4.79 Å². The highest BCUT2D eigenvalue weighted by Crippen LogP contribution is 2.36. The molecule has 3 aromatic rings. The van der Waals surface area contributed by atoms with Crippen molar-refractivity contribution in [3.63, 3.8) is 0 Å². The SMILES string of the molecule is CC(C)(C)C(=O)c1c[nH]c2ncc(-c3cccc(N4C[C@H]5CC=C[C@H]5C4)c3)nc12. The van der Waals surface area contributed by atoms with Crippen molar-refractivity contribution in [2.75, 3.05) is 18.0 Å². The van der Waals surface area contributed by atoms with Gasteiger partial charge < -0.3 is 9.88 Å². The molecule has 2 aromatic heterocycles. The summed E-state index contributed by atoms with van der Waals surface area (Å²) in [5, 5.41) is 0. The van der Waals surface area contributed by atoms with Gasteiger partial charge in [0.1, 0.15) is 5.52 Å². The molecular weight excluding hydrogens is 360 g/mol. The molecule has 1 aromatic carbocycles. The second kappa shape index (κ2) is 6.55. The average molecular weight is 386 g/mol. The monoisotopic (exact) mass is 386 g/mol. The molecular formula is C24H26N4O. The first-order chi connectivity index (χ1) is 13.9. The van der Waals surface area contributed by atoms with E-state index in [4.69, 9.17) is 4.98 Å². The Labute approximate surface area is 170 Å². The fourth-order valence-corrected chi connectivity index (χ4v) is 4.47. The maximum Gasteiger partial charge on any atom is 0.171 e. The summed E-state index contributed by atoms with van der Waals surface area (Å²) >= 11 is 0. The van der Waals surface area contributed by atoms with Crippen molar-refractivity contribution in [1.82, 2.24) is 15.0 Å². The van der Waals surface area contributed by atoms with Gasteiger partial charge in [-0.2, -0.15) is 0 Å². The zero-order valence-corrected chi connectivity index (χ0v) is 17.1. The summed E-state index contributed by atoms with van der Waals surface area (Å²) in [4.78, 5) is 27.7. The zero-order chi connectivity index (χ0) is 20.2. The van der Waals surface area contributed by atoms with Crippen molar-refractivity contribution in [2.24, 2.45) is 17.3 Å². The third-order valence-corrected chi connectivity index (χ3v) is 6.13. The summed E-state index contributed by atoms with van der Waals surface area (Å²) in [6.07, 6.45) is 9.40. The van der Waals surface area contributed by atoms with Gasteiger partial charge >= 0.3 is 0 Å². The third kappa shape index (κ3) is 3.15. The highest BCUT2D eigenvalue weighted by molar-refractivity contribution is 6.08. The molecule has 0 amide bonds. The van der Waals surface area contributed by atoms with Gasteiger partial charge in [0.2, 0.25) is 0 Å². The van der Waals surface area contributed by atoms with Crippen LogP contribution in [0.1, 0.15) is 37.6 Å². The number of ketones is 1. The predicted molar refractivity (Wildman–Crippen MR) is 116 cm³/mol. The van der Waals surface area contributed by atoms with Crippen molar-refractivity contribution in [1.29, 1.82) is 0 Å². The van der Waals surface area contributed by atoms with Crippen LogP contribution in [0.2, 0.25) is 0 Å². The van der Waals surface area contributed by atoms with Crippen LogP contribution in [-0.2, 0) is 0 Å². The molecule has 1 saturated heterocycles. The van der Waals surface area contributed by atoms with Crippen LogP contribution in [0.4, 0.5) is 5.69 Å². The van der Waals surface area contributed by atoms with E-state index in [1.165, 1.54) is 12.1 Å². The lowest BCUT2D eigenvalue weighted by molar-refractivity contribution is 0.0860. The molecule has 1 N–H and O–H groups in total. The number of Topliss-reactive ketones (excluding diaryl/α,β-unsaturated/α-hetero) is 1. The van der Waals surface area contributed by atoms with Crippen molar-refractivity contribution in [3.8, 4) is 11.3 Å². The van der Waals surface area contributed by atoms with E-state index in [0.717, 1.165) is 30.3 Å². The number of hydrogen-bond acceptors (Lipinski definition) is 4. The number of rotatable bonds is 3. The van der Waals surface area contributed by atoms with Crippen LogP contribution >= 0.6 is 0 Å². The number of allylic oxidation sites excluding steroid dienone is 1. The molecule has 1 fully saturated rings. The maximum atomic E-state index is 12.8. The molecule has 5 heteroatoms. The average Bonchev–Trinajstić information content (AvgIpc) is 3.40. The molecule has 0 bridgehead atoms. The van der Waals surface area contributed by atoms with Crippen LogP contribution in [-0.4, -0.2) is 33.8 Å². The number of nitrogens with one attached hydrogen (secondary N) is 1. The van der Waals surface area contributed by atoms with Gasteiger partial charge in [0, 0.05) is 36.0 Å². The van der Waals surface area contributed by atoms with Crippen molar-refractivity contribution >= 4 is 22.6 Å². The van der Waals surface area contributed by atoms with E-state index in [2.05, 4.69) is 51.3 Å². The number of benzene rings is 1. The fourth-order valence-electron chi connectivity index (χ4n) is 4.47. The maximum absolute atomic E-state index is 12.8. The number of fused-ring (bicyclic) bond motifs is 2. The summed E-state index contributed by atoms with van der Waals surface area (Å²) in [5.74, 6) is 1.50. The van der Waals surface area contributed by atoms with E-state index in [1.54, 1.807) is 12.4 Å². The lowest BCUT2D eigenvalue weighted by Gasteiger charge is -2.19. The molecule has 0 saturated carbocycles. The van der Waals surface area contributed by atoms with E-state index in [-0.39, 0.29) is 5.78 Å². The fraction of sp³-hybridized carbons (Fsp3) is 0.375. The largest absolute Gasteiger partial charge is 0.371 e. The summed E-state index contributed by atoms with van der Waals surface area (Å²) in [5.41, 5.74) is 4.49. The van der Waals surface area contributed by atoms with E-state index in [1.807, 2.05) is 20.8 Å². The van der Waals surface area contributed by atoms with Crippen molar-refractivity contribution in [3.05, 3.63) is 54.4 Å².